The number of fused-ring (bicyclic) bond motifs is 1. The zero-order valence-electron chi connectivity index (χ0n) is 15.5. The van der Waals surface area contributed by atoms with Crippen molar-refractivity contribution < 1.29 is 13.2 Å². The Morgan fingerprint density at radius 3 is 2.73 bits per heavy atom. The van der Waals surface area contributed by atoms with Crippen LogP contribution in [-0.4, -0.2) is 42.3 Å². The lowest BCUT2D eigenvalue weighted by Crippen LogP contribution is -2.38. The topological polar surface area (TPSA) is 66.8 Å². The van der Waals surface area contributed by atoms with E-state index in [9.17, 15) is 13.2 Å². The Balaban J connectivity index is 2.01. The van der Waals surface area contributed by atoms with Gasteiger partial charge in [-0.3, -0.25) is 4.79 Å². The number of rotatable bonds is 5. The summed E-state index contributed by atoms with van der Waals surface area (Å²) in [5.74, 6) is 0.457. The maximum Gasteiger partial charge on any atom is 0.248 e. The van der Waals surface area contributed by atoms with E-state index in [1.807, 2.05) is 30.0 Å². The molecule has 2 atom stereocenters. The van der Waals surface area contributed by atoms with Crippen LogP contribution in [0.2, 0.25) is 0 Å². The van der Waals surface area contributed by atoms with Gasteiger partial charge in [-0.1, -0.05) is 57.2 Å². The summed E-state index contributed by atoms with van der Waals surface area (Å²) in [6, 6.07) is 7.88. The molecule has 1 aromatic rings. The molecular weight excluding hydrogens is 368 g/mol. The number of aliphatic imine (C=N–C) groups is 1. The van der Waals surface area contributed by atoms with E-state index >= 15 is 0 Å². The van der Waals surface area contributed by atoms with Crippen molar-refractivity contribution in [3.05, 3.63) is 29.8 Å². The Hall–Kier alpha value is -1.34. The van der Waals surface area contributed by atoms with Gasteiger partial charge >= 0.3 is 0 Å². The van der Waals surface area contributed by atoms with Crippen LogP contribution in [-0.2, 0) is 14.6 Å². The lowest BCUT2D eigenvalue weighted by atomic mass is 9.99. The molecule has 1 aromatic carbocycles. The second kappa shape index (κ2) is 7.72. The first-order valence-corrected chi connectivity index (χ1v) is 11.9. The van der Waals surface area contributed by atoms with Gasteiger partial charge in [-0.25, -0.2) is 8.42 Å². The summed E-state index contributed by atoms with van der Waals surface area (Å²) in [6.07, 6.45) is 2.21. The first-order chi connectivity index (χ1) is 12.3. The van der Waals surface area contributed by atoms with Crippen molar-refractivity contribution in [2.24, 2.45) is 4.99 Å². The molecule has 0 aliphatic carbocycles. The molecule has 5 nitrogen and oxygen atoms in total. The van der Waals surface area contributed by atoms with Crippen molar-refractivity contribution in [3.8, 4) is 0 Å². The molecule has 0 N–H and O–H groups in total. The molecule has 2 fully saturated rings. The minimum Gasteiger partial charge on any atom is -0.315 e. The number of hydrogen-bond donors (Lipinski definition) is 0. The van der Waals surface area contributed by atoms with E-state index in [1.165, 1.54) is 11.8 Å². The number of unbranched alkanes of at least 4 members (excludes halogenated alkanes) is 1. The number of sulfone groups is 1. The molecule has 0 saturated carbocycles. The van der Waals surface area contributed by atoms with E-state index in [0.717, 1.165) is 24.1 Å². The number of amidine groups is 1. The summed E-state index contributed by atoms with van der Waals surface area (Å²) in [5.41, 5.74) is 2.12. The molecule has 2 aliphatic heterocycles. The van der Waals surface area contributed by atoms with Crippen molar-refractivity contribution in [3.63, 3.8) is 0 Å². The number of para-hydroxylation sites is 1. The minimum atomic E-state index is -3.05. The van der Waals surface area contributed by atoms with Crippen LogP contribution in [0.25, 0.3) is 0 Å². The van der Waals surface area contributed by atoms with Crippen molar-refractivity contribution in [1.82, 2.24) is 0 Å². The van der Waals surface area contributed by atoms with Gasteiger partial charge in [0.15, 0.2) is 15.0 Å². The Kier molecular flexibility index (Phi) is 5.77. The van der Waals surface area contributed by atoms with Gasteiger partial charge in [0.25, 0.3) is 0 Å². The maximum atomic E-state index is 12.3. The number of hydrogen-bond acceptors (Lipinski definition) is 4. The van der Waals surface area contributed by atoms with Gasteiger partial charge in [0.05, 0.1) is 17.5 Å². The van der Waals surface area contributed by atoms with E-state index in [0.29, 0.717) is 17.5 Å². The quantitative estimate of drug-likeness (QED) is 0.763. The normalized spacial score (nSPS) is 25.8. The molecule has 1 amide bonds. The largest absolute Gasteiger partial charge is 0.315 e. The second-order valence-electron chi connectivity index (χ2n) is 7.28. The van der Waals surface area contributed by atoms with Crippen LogP contribution in [0.3, 0.4) is 0 Å². The summed E-state index contributed by atoms with van der Waals surface area (Å²) in [7, 11) is -3.05. The molecule has 0 spiro atoms. The van der Waals surface area contributed by atoms with Crippen LogP contribution in [0, 0.1) is 0 Å². The number of benzene rings is 1. The highest BCUT2D eigenvalue weighted by molar-refractivity contribution is 8.16. The number of thioether (sulfide) groups is 1. The molecule has 3 rings (SSSR count). The SMILES string of the molecule is CCCCC(=O)N=C1S[C@@H]2CS(=O)(=O)C[C@H]2N1c1ccccc1C(C)C. The third kappa shape index (κ3) is 3.98. The fourth-order valence-corrected chi connectivity index (χ4v) is 7.46. The molecule has 0 aromatic heterocycles. The Morgan fingerprint density at radius 2 is 2.04 bits per heavy atom. The molecule has 0 unspecified atom stereocenters. The molecule has 142 valence electrons. The zero-order valence-corrected chi connectivity index (χ0v) is 17.1. The lowest BCUT2D eigenvalue weighted by Gasteiger charge is -2.28. The Labute approximate surface area is 160 Å². The first kappa shape index (κ1) is 19.4. The van der Waals surface area contributed by atoms with E-state index in [2.05, 4.69) is 24.9 Å². The molecule has 26 heavy (non-hydrogen) atoms. The van der Waals surface area contributed by atoms with Crippen molar-refractivity contribution in [2.45, 2.75) is 57.2 Å². The highest BCUT2D eigenvalue weighted by atomic mass is 32.2. The molecule has 2 saturated heterocycles. The summed E-state index contributed by atoms with van der Waals surface area (Å²) in [4.78, 5) is 18.6. The monoisotopic (exact) mass is 394 g/mol. The first-order valence-electron chi connectivity index (χ1n) is 9.19. The molecular formula is C19H26N2O3S2. The van der Waals surface area contributed by atoms with Crippen LogP contribution in [0.1, 0.15) is 51.5 Å². The smallest absolute Gasteiger partial charge is 0.248 e. The summed E-state index contributed by atoms with van der Waals surface area (Å²) in [5, 5.41) is 0.599. The van der Waals surface area contributed by atoms with Gasteiger partial charge in [-0.2, -0.15) is 4.99 Å². The minimum absolute atomic E-state index is 0.0575. The van der Waals surface area contributed by atoms with Gasteiger partial charge < -0.3 is 4.90 Å². The average Bonchev–Trinajstić information content (AvgIpc) is 3.03. The van der Waals surface area contributed by atoms with Crippen LogP contribution in [0.4, 0.5) is 5.69 Å². The number of carbonyl (C=O) groups excluding carboxylic acids is 1. The molecule has 7 heteroatoms. The maximum absolute atomic E-state index is 12.3. The number of anilines is 1. The van der Waals surface area contributed by atoms with Crippen molar-refractivity contribution in [1.29, 1.82) is 0 Å². The van der Waals surface area contributed by atoms with E-state index in [1.54, 1.807) is 0 Å². The van der Waals surface area contributed by atoms with Crippen LogP contribution < -0.4 is 4.90 Å². The standard InChI is InChI=1S/C19H26N2O3S2/c1-4-5-10-18(22)20-19-21(15-9-7-6-8-14(15)13(2)3)16-11-26(23,24)12-17(16)25-19/h6-9,13,16-17H,4-5,10-12H2,1-3H3/t16-,17-/m1/s1. The summed E-state index contributed by atoms with van der Waals surface area (Å²) in [6.45, 7) is 6.29. The fraction of sp³-hybridized carbons (Fsp3) is 0.579. The lowest BCUT2D eigenvalue weighted by molar-refractivity contribution is -0.117. The second-order valence-corrected chi connectivity index (χ2v) is 10.6. The number of nitrogens with zero attached hydrogens (tertiary/aromatic N) is 2. The van der Waals surface area contributed by atoms with Gasteiger partial charge in [0.2, 0.25) is 5.91 Å². The van der Waals surface area contributed by atoms with Crippen LogP contribution in [0.5, 0.6) is 0 Å². The average molecular weight is 395 g/mol. The molecule has 2 heterocycles. The highest BCUT2D eigenvalue weighted by Crippen LogP contribution is 2.43. The molecule has 0 radical (unpaired) electrons. The number of carbonyl (C=O) groups is 1. The molecule has 2 aliphatic rings. The predicted octanol–water partition coefficient (Wildman–Crippen LogP) is 3.60. The molecule has 0 bridgehead atoms. The van der Waals surface area contributed by atoms with Gasteiger partial charge in [-0.05, 0) is 24.0 Å². The predicted molar refractivity (Wildman–Crippen MR) is 109 cm³/mol. The van der Waals surface area contributed by atoms with E-state index < -0.39 is 9.84 Å². The Bertz CT molecular complexity index is 818. The number of amides is 1. The fourth-order valence-electron chi connectivity index (χ4n) is 3.53. The van der Waals surface area contributed by atoms with E-state index in [-0.39, 0.29) is 28.7 Å². The third-order valence-corrected chi connectivity index (χ3v) is 8.06. The summed E-state index contributed by atoms with van der Waals surface area (Å²) < 4.78 is 24.3. The van der Waals surface area contributed by atoms with Crippen LogP contribution >= 0.6 is 11.8 Å². The van der Waals surface area contributed by atoms with E-state index in [4.69, 9.17) is 0 Å². The highest BCUT2D eigenvalue weighted by Gasteiger charge is 2.49. The third-order valence-electron chi connectivity index (χ3n) is 4.85. The van der Waals surface area contributed by atoms with Crippen molar-refractivity contribution >= 4 is 38.4 Å². The summed E-state index contributed by atoms with van der Waals surface area (Å²) >= 11 is 1.44. The van der Waals surface area contributed by atoms with Gasteiger partial charge in [0.1, 0.15) is 0 Å². The van der Waals surface area contributed by atoms with Gasteiger partial charge in [-0.15, -0.1) is 0 Å². The van der Waals surface area contributed by atoms with Crippen molar-refractivity contribution in [2.75, 3.05) is 16.4 Å². The zero-order chi connectivity index (χ0) is 18.9. The van der Waals surface area contributed by atoms with Gasteiger partial charge in [0, 0.05) is 17.4 Å². The Morgan fingerprint density at radius 1 is 1.31 bits per heavy atom. The van der Waals surface area contributed by atoms with Crippen LogP contribution in [0.15, 0.2) is 29.3 Å².